The molecule has 0 aliphatic heterocycles. The van der Waals surface area contributed by atoms with Gasteiger partial charge in [-0.15, -0.1) is 0 Å². The Balaban J connectivity index is 1.87. The van der Waals surface area contributed by atoms with E-state index >= 15 is 0 Å². The summed E-state index contributed by atoms with van der Waals surface area (Å²) in [4.78, 5) is 15.0. The van der Waals surface area contributed by atoms with Crippen molar-refractivity contribution in [3.05, 3.63) is 29.8 Å². The third kappa shape index (κ3) is 2.46. The number of nitrogens with zero attached hydrogens (tertiary/aromatic N) is 1. The van der Waals surface area contributed by atoms with Gasteiger partial charge in [-0.1, -0.05) is 25.0 Å². The predicted octanol–water partition coefficient (Wildman–Crippen LogP) is 3.24. The molecule has 0 saturated heterocycles. The molecule has 0 spiro atoms. The average molecular weight is 259 g/mol. The Kier molecular flexibility index (Phi) is 3.45. The fourth-order valence-electron chi connectivity index (χ4n) is 3.13. The first-order valence-corrected chi connectivity index (χ1v) is 7.27. The number of ether oxygens (including phenoxy) is 1. The minimum absolute atomic E-state index is 0.159. The van der Waals surface area contributed by atoms with E-state index in [9.17, 15) is 4.79 Å². The number of carbonyl (C=O) groups is 1. The number of hydrogen-bond acceptors (Lipinski definition) is 2. The monoisotopic (exact) mass is 259 g/mol. The third-order valence-electron chi connectivity index (χ3n) is 4.23. The largest absolute Gasteiger partial charge is 0.496 e. The first-order valence-electron chi connectivity index (χ1n) is 7.27. The number of amides is 1. The van der Waals surface area contributed by atoms with Gasteiger partial charge in [-0.3, -0.25) is 4.79 Å². The van der Waals surface area contributed by atoms with Crippen LogP contribution in [0.3, 0.4) is 0 Å². The van der Waals surface area contributed by atoms with Gasteiger partial charge in [-0.05, 0) is 37.8 Å². The van der Waals surface area contributed by atoms with E-state index in [2.05, 4.69) is 4.90 Å². The van der Waals surface area contributed by atoms with Gasteiger partial charge in [0.2, 0.25) is 0 Å². The van der Waals surface area contributed by atoms with Crippen molar-refractivity contribution in [3.63, 3.8) is 0 Å². The van der Waals surface area contributed by atoms with Gasteiger partial charge < -0.3 is 9.64 Å². The van der Waals surface area contributed by atoms with Crippen molar-refractivity contribution in [2.45, 2.75) is 50.6 Å². The molecule has 0 unspecified atom stereocenters. The molecule has 0 heterocycles. The van der Waals surface area contributed by atoms with Crippen LogP contribution in [0.4, 0.5) is 0 Å². The van der Waals surface area contributed by atoms with Crippen LogP contribution in [0.2, 0.25) is 0 Å². The molecule has 2 saturated carbocycles. The molecule has 2 fully saturated rings. The summed E-state index contributed by atoms with van der Waals surface area (Å²) in [6, 6.07) is 8.49. The highest BCUT2D eigenvalue weighted by Crippen LogP contribution is 2.36. The van der Waals surface area contributed by atoms with Crippen LogP contribution in [0, 0.1) is 0 Å². The highest BCUT2D eigenvalue weighted by molar-refractivity contribution is 5.97. The quantitative estimate of drug-likeness (QED) is 0.830. The van der Waals surface area contributed by atoms with Gasteiger partial charge in [-0.25, -0.2) is 0 Å². The first kappa shape index (κ1) is 12.5. The molecule has 1 aromatic carbocycles. The van der Waals surface area contributed by atoms with Crippen LogP contribution in [-0.2, 0) is 0 Å². The molecule has 0 N–H and O–H groups in total. The minimum atomic E-state index is 0.159. The van der Waals surface area contributed by atoms with E-state index in [1.54, 1.807) is 7.11 Å². The number of rotatable bonds is 4. The zero-order valence-electron chi connectivity index (χ0n) is 11.5. The van der Waals surface area contributed by atoms with Gasteiger partial charge >= 0.3 is 0 Å². The predicted molar refractivity (Wildman–Crippen MR) is 74.4 cm³/mol. The molecule has 0 atom stereocenters. The van der Waals surface area contributed by atoms with Crippen LogP contribution in [0.5, 0.6) is 5.75 Å². The number of hydrogen-bond donors (Lipinski definition) is 0. The van der Waals surface area contributed by atoms with Crippen LogP contribution in [0.15, 0.2) is 24.3 Å². The van der Waals surface area contributed by atoms with Crippen LogP contribution in [-0.4, -0.2) is 30.0 Å². The summed E-state index contributed by atoms with van der Waals surface area (Å²) in [6.07, 6.45) is 7.17. The third-order valence-corrected chi connectivity index (χ3v) is 4.23. The zero-order chi connectivity index (χ0) is 13.2. The van der Waals surface area contributed by atoms with Gasteiger partial charge in [0.1, 0.15) is 5.75 Å². The second-order valence-corrected chi connectivity index (χ2v) is 5.58. The van der Waals surface area contributed by atoms with Gasteiger partial charge in [0.05, 0.1) is 12.7 Å². The number of carbonyl (C=O) groups excluding carboxylic acids is 1. The van der Waals surface area contributed by atoms with Gasteiger partial charge in [0.25, 0.3) is 5.91 Å². The molecule has 102 valence electrons. The van der Waals surface area contributed by atoms with Crippen molar-refractivity contribution in [1.82, 2.24) is 4.90 Å². The minimum Gasteiger partial charge on any atom is -0.496 e. The molecule has 1 amide bonds. The first-order chi connectivity index (χ1) is 9.31. The lowest BCUT2D eigenvalue weighted by Crippen LogP contribution is -2.40. The molecule has 1 aromatic rings. The average Bonchev–Trinajstić information content (AvgIpc) is 3.13. The van der Waals surface area contributed by atoms with Crippen LogP contribution in [0.1, 0.15) is 48.9 Å². The van der Waals surface area contributed by atoms with E-state index < -0.39 is 0 Å². The Hall–Kier alpha value is -1.51. The van der Waals surface area contributed by atoms with Crippen LogP contribution in [0.25, 0.3) is 0 Å². The number of benzene rings is 1. The SMILES string of the molecule is COc1ccccc1C(=O)N(C1CCCC1)C1CC1. The molecule has 0 radical (unpaired) electrons. The van der Waals surface area contributed by atoms with Gasteiger partial charge in [0, 0.05) is 12.1 Å². The van der Waals surface area contributed by atoms with Crippen molar-refractivity contribution in [2.75, 3.05) is 7.11 Å². The molecule has 0 bridgehead atoms. The fourth-order valence-corrected chi connectivity index (χ4v) is 3.13. The van der Waals surface area contributed by atoms with Gasteiger partial charge in [0.15, 0.2) is 0 Å². The van der Waals surface area contributed by atoms with E-state index in [0.717, 1.165) is 25.7 Å². The smallest absolute Gasteiger partial charge is 0.258 e. The van der Waals surface area contributed by atoms with E-state index in [1.165, 1.54) is 12.8 Å². The highest BCUT2D eigenvalue weighted by Gasteiger charge is 2.39. The standard InChI is InChI=1S/C16H21NO2/c1-19-15-9-5-4-8-14(15)16(18)17(13-10-11-13)12-6-2-3-7-12/h4-5,8-9,12-13H,2-3,6-7,10-11H2,1H3. The Bertz CT molecular complexity index is 462. The second-order valence-electron chi connectivity index (χ2n) is 5.58. The summed E-state index contributed by atoms with van der Waals surface area (Å²) in [5, 5.41) is 0. The Labute approximate surface area is 114 Å². The summed E-state index contributed by atoms with van der Waals surface area (Å²) in [5.41, 5.74) is 0.712. The lowest BCUT2D eigenvalue weighted by molar-refractivity contribution is 0.0661. The normalized spacial score (nSPS) is 19.4. The molecule has 3 nitrogen and oxygen atoms in total. The fraction of sp³-hybridized carbons (Fsp3) is 0.562. The van der Waals surface area contributed by atoms with Crippen LogP contribution < -0.4 is 4.74 Å². The maximum absolute atomic E-state index is 12.8. The molecule has 19 heavy (non-hydrogen) atoms. The van der Waals surface area contributed by atoms with E-state index in [4.69, 9.17) is 4.74 Å². The molecule has 3 heteroatoms. The summed E-state index contributed by atoms with van der Waals surface area (Å²) >= 11 is 0. The summed E-state index contributed by atoms with van der Waals surface area (Å²) < 4.78 is 5.33. The van der Waals surface area contributed by atoms with Crippen molar-refractivity contribution in [3.8, 4) is 5.75 Å². The van der Waals surface area contributed by atoms with Crippen molar-refractivity contribution in [1.29, 1.82) is 0 Å². The molecular weight excluding hydrogens is 238 g/mol. The van der Waals surface area contributed by atoms with Crippen molar-refractivity contribution >= 4 is 5.91 Å². The molecule has 3 rings (SSSR count). The lowest BCUT2D eigenvalue weighted by atomic mass is 10.1. The summed E-state index contributed by atoms with van der Waals surface area (Å²) in [6.45, 7) is 0. The maximum atomic E-state index is 12.8. The molecular formula is C16H21NO2. The summed E-state index contributed by atoms with van der Waals surface area (Å²) in [5.74, 6) is 0.850. The number of para-hydroxylation sites is 1. The zero-order valence-corrected chi connectivity index (χ0v) is 11.5. The Morgan fingerprint density at radius 2 is 1.74 bits per heavy atom. The highest BCUT2D eigenvalue weighted by atomic mass is 16.5. The Morgan fingerprint density at radius 1 is 1.11 bits per heavy atom. The lowest BCUT2D eigenvalue weighted by Gasteiger charge is -2.29. The van der Waals surface area contributed by atoms with Crippen molar-refractivity contribution in [2.24, 2.45) is 0 Å². The summed E-state index contributed by atoms with van der Waals surface area (Å²) in [7, 11) is 1.63. The van der Waals surface area contributed by atoms with E-state index in [1.807, 2.05) is 24.3 Å². The Morgan fingerprint density at radius 3 is 2.37 bits per heavy atom. The van der Waals surface area contributed by atoms with E-state index in [-0.39, 0.29) is 5.91 Å². The molecule has 2 aliphatic carbocycles. The van der Waals surface area contributed by atoms with Gasteiger partial charge in [-0.2, -0.15) is 0 Å². The second kappa shape index (κ2) is 5.24. The topological polar surface area (TPSA) is 29.5 Å². The van der Waals surface area contributed by atoms with E-state index in [0.29, 0.717) is 23.4 Å². The van der Waals surface area contributed by atoms with Crippen molar-refractivity contribution < 1.29 is 9.53 Å². The maximum Gasteiger partial charge on any atom is 0.258 e. The molecule has 2 aliphatic rings. The molecule has 0 aromatic heterocycles. The number of methoxy groups -OCH3 is 1. The van der Waals surface area contributed by atoms with Crippen LogP contribution >= 0.6 is 0 Å².